The van der Waals surface area contributed by atoms with E-state index in [0.717, 1.165) is 12.0 Å². The first-order valence-electron chi connectivity index (χ1n) is 4.70. The molecule has 0 saturated heterocycles. The summed E-state index contributed by atoms with van der Waals surface area (Å²) < 4.78 is 12.7. The van der Waals surface area contributed by atoms with Crippen LogP contribution in [-0.2, 0) is 6.42 Å². The molecule has 2 N–H and O–H groups in total. The molecule has 0 aliphatic carbocycles. The van der Waals surface area contributed by atoms with E-state index in [2.05, 4.69) is 6.92 Å². The minimum absolute atomic E-state index is 0.121. The van der Waals surface area contributed by atoms with Gasteiger partial charge in [0.05, 0.1) is 0 Å². The van der Waals surface area contributed by atoms with E-state index in [-0.39, 0.29) is 11.9 Å². The highest BCUT2D eigenvalue weighted by Gasteiger charge is 2.10. The summed E-state index contributed by atoms with van der Waals surface area (Å²) in [6.07, 6.45) is 0.788. The Hall–Kier alpha value is -0.600. The van der Waals surface area contributed by atoms with Crippen molar-refractivity contribution in [3.8, 4) is 0 Å². The fraction of sp³-hybridized carbons (Fsp3) is 0.455. The Balaban J connectivity index is 2.77. The van der Waals surface area contributed by atoms with Crippen LogP contribution in [-0.4, -0.2) is 6.04 Å². The molecular weight excluding hydrogens is 201 g/mol. The zero-order valence-electron chi connectivity index (χ0n) is 8.43. The van der Waals surface area contributed by atoms with Crippen molar-refractivity contribution in [2.24, 2.45) is 11.7 Å². The van der Waals surface area contributed by atoms with E-state index >= 15 is 0 Å². The maximum absolute atomic E-state index is 12.7. The van der Waals surface area contributed by atoms with Crippen molar-refractivity contribution in [2.45, 2.75) is 26.3 Å². The normalized spacial score (nSPS) is 15.2. The molecule has 78 valence electrons. The molecule has 0 fully saturated rings. The standard InChI is InChI=1S/C11H15ClFN/c1-7(8(2)14)5-9-3-4-10(13)6-11(9)12/h3-4,6-8H,5,14H2,1-2H3. The van der Waals surface area contributed by atoms with E-state index in [9.17, 15) is 4.39 Å². The van der Waals surface area contributed by atoms with Gasteiger partial charge < -0.3 is 5.73 Å². The summed E-state index contributed by atoms with van der Waals surface area (Å²) in [7, 11) is 0. The highest BCUT2D eigenvalue weighted by molar-refractivity contribution is 6.31. The molecule has 0 aromatic heterocycles. The molecule has 3 heteroatoms. The van der Waals surface area contributed by atoms with Crippen molar-refractivity contribution in [1.82, 2.24) is 0 Å². The maximum Gasteiger partial charge on any atom is 0.124 e. The van der Waals surface area contributed by atoms with Crippen LogP contribution >= 0.6 is 11.6 Å². The Kier molecular flexibility index (Phi) is 3.90. The second-order valence-corrected chi connectivity index (χ2v) is 4.18. The van der Waals surface area contributed by atoms with Crippen LogP contribution in [0.4, 0.5) is 4.39 Å². The van der Waals surface area contributed by atoms with Gasteiger partial charge in [0.2, 0.25) is 0 Å². The minimum Gasteiger partial charge on any atom is -0.328 e. The second-order valence-electron chi connectivity index (χ2n) is 3.78. The van der Waals surface area contributed by atoms with Crippen LogP contribution in [0.2, 0.25) is 5.02 Å². The predicted molar refractivity (Wildman–Crippen MR) is 57.9 cm³/mol. The van der Waals surface area contributed by atoms with Crippen molar-refractivity contribution in [3.05, 3.63) is 34.6 Å². The first-order valence-corrected chi connectivity index (χ1v) is 5.08. The Labute approximate surface area is 89.1 Å². The molecule has 0 saturated carbocycles. The number of nitrogens with two attached hydrogens (primary N) is 1. The number of halogens is 2. The molecule has 0 aliphatic heterocycles. The summed E-state index contributed by atoms with van der Waals surface area (Å²) in [6, 6.07) is 4.60. The largest absolute Gasteiger partial charge is 0.328 e. The van der Waals surface area contributed by atoms with Crippen LogP contribution in [0.15, 0.2) is 18.2 Å². The Morgan fingerprint density at radius 2 is 2.07 bits per heavy atom. The number of hydrogen-bond acceptors (Lipinski definition) is 1. The average Bonchev–Trinajstić information content (AvgIpc) is 2.09. The van der Waals surface area contributed by atoms with E-state index < -0.39 is 0 Å². The van der Waals surface area contributed by atoms with Crippen molar-refractivity contribution in [1.29, 1.82) is 0 Å². The summed E-state index contributed by atoms with van der Waals surface area (Å²) in [6.45, 7) is 4.02. The first kappa shape index (κ1) is 11.5. The zero-order chi connectivity index (χ0) is 10.7. The molecular formula is C11H15ClFN. The number of hydrogen-bond donors (Lipinski definition) is 1. The third kappa shape index (κ3) is 2.96. The summed E-state index contributed by atoms with van der Waals surface area (Å²) in [5, 5.41) is 0.484. The molecule has 14 heavy (non-hydrogen) atoms. The molecule has 0 spiro atoms. The smallest absolute Gasteiger partial charge is 0.124 e. The first-order chi connectivity index (χ1) is 6.50. The lowest BCUT2D eigenvalue weighted by molar-refractivity contribution is 0.481. The van der Waals surface area contributed by atoms with Gasteiger partial charge in [-0.15, -0.1) is 0 Å². The van der Waals surface area contributed by atoms with E-state index in [1.54, 1.807) is 6.07 Å². The third-order valence-corrected chi connectivity index (χ3v) is 2.81. The van der Waals surface area contributed by atoms with Gasteiger partial charge in [-0.25, -0.2) is 4.39 Å². The SMILES string of the molecule is CC(N)C(C)Cc1ccc(F)cc1Cl. The van der Waals surface area contributed by atoms with Gasteiger partial charge in [0.25, 0.3) is 0 Å². The molecule has 0 radical (unpaired) electrons. The van der Waals surface area contributed by atoms with Crippen LogP contribution in [0.3, 0.4) is 0 Å². The van der Waals surface area contributed by atoms with Gasteiger partial charge in [-0.05, 0) is 37.0 Å². The molecule has 2 unspecified atom stereocenters. The van der Waals surface area contributed by atoms with Gasteiger partial charge in [0.1, 0.15) is 5.82 Å². The molecule has 1 rings (SSSR count). The Morgan fingerprint density at radius 3 is 2.57 bits per heavy atom. The Bertz CT molecular complexity index is 312. The molecule has 0 heterocycles. The molecule has 0 amide bonds. The monoisotopic (exact) mass is 215 g/mol. The van der Waals surface area contributed by atoms with Crippen molar-refractivity contribution < 1.29 is 4.39 Å². The molecule has 1 aromatic carbocycles. The highest BCUT2D eigenvalue weighted by atomic mass is 35.5. The van der Waals surface area contributed by atoms with Gasteiger partial charge in [-0.2, -0.15) is 0 Å². The van der Waals surface area contributed by atoms with E-state index in [1.807, 2.05) is 6.92 Å². The fourth-order valence-corrected chi connectivity index (χ4v) is 1.46. The third-order valence-electron chi connectivity index (χ3n) is 2.45. The van der Waals surface area contributed by atoms with Crippen LogP contribution in [0.1, 0.15) is 19.4 Å². The second kappa shape index (κ2) is 4.76. The van der Waals surface area contributed by atoms with Crippen molar-refractivity contribution >= 4 is 11.6 Å². The summed E-state index contributed by atoms with van der Waals surface area (Å²) in [4.78, 5) is 0. The van der Waals surface area contributed by atoms with Gasteiger partial charge in [0.15, 0.2) is 0 Å². The lowest BCUT2D eigenvalue weighted by Gasteiger charge is -2.16. The van der Waals surface area contributed by atoms with E-state index in [1.165, 1.54) is 12.1 Å². The van der Waals surface area contributed by atoms with Crippen LogP contribution in [0.25, 0.3) is 0 Å². The van der Waals surface area contributed by atoms with E-state index in [4.69, 9.17) is 17.3 Å². The predicted octanol–water partition coefficient (Wildman–Crippen LogP) is 3.00. The van der Waals surface area contributed by atoms with Crippen LogP contribution in [0, 0.1) is 11.7 Å². The quantitative estimate of drug-likeness (QED) is 0.824. The molecule has 2 atom stereocenters. The topological polar surface area (TPSA) is 26.0 Å². The lowest BCUT2D eigenvalue weighted by Crippen LogP contribution is -2.25. The van der Waals surface area contributed by atoms with Crippen molar-refractivity contribution in [3.63, 3.8) is 0 Å². The lowest BCUT2D eigenvalue weighted by atomic mass is 9.95. The Morgan fingerprint density at radius 1 is 1.43 bits per heavy atom. The minimum atomic E-state index is -0.299. The summed E-state index contributed by atoms with van der Waals surface area (Å²) in [5.74, 6) is 0.0464. The van der Waals surface area contributed by atoms with Crippen LogP contribution < -0.4 is 5.73 Å². The molecule has 1 nitrogen and oxygen atoms in total. The highest BCUT2D eigenvalue weighted by Crippen LogP contribution is 2.21. The van der Waals surface area contributed by atoms with Crippen molar-refractivity contribution in [2.75, 3.05) is 0 Å². The summed E-state index contributed by atoms with van der Waals surface area (Å²) >= 11 is 5.90. The number of benzene rings is 1. The van der Waals surface area contributed by atoms with E-state index in [0.29, 0.717) is 10.9 Å². The molecule has 1 aromatic rings. The average molecular weight is 216 g/mol. The van der Waals surface area contributed by atoms with Gasteiger partial charge in [0, 0.05) is 11.1 Å². The molecule has 0 bridgehead atoms. The maximum atomic E-state index is 12.7. The van der Waals surface area contributed by atoms with Gasteiger partial charge >= 0.3 is 0 Å². The molecule has 0 aliphatic rings. The number of rotatable bonds is 3. The van der Waals surface area contributed by atoms with Gasteiger partial charge in [-0.3, -0.25) is 0 Å². The zero-order valence-corrected chi connectivity index (χ0v) is 9.18. The van der Waals surface area contributed by atoms with Crippen LogP contribution in [0.5, 0.6) is 0 Å². The summed E-state index contributed by atoms with van der Waals surface area (Å²) in [5.41, 5.74) is 6.70. The van der Waals surface area contributed by atoms with Gasteiger partial charge in [-0.1, -0.05) is 24.6 Å². The fourth-order valence-electron chi connectivity index (χ4n) is 1.22.